The zero-order valence-electron chi connectivity index (χ0n) is 14.8. The molecule has 0 spiro atoms. The van der Waals surface area contributed by atoms with E-state index in [9.17, 15) is 4.79 Å². The number of pyridine rings is 1. The summed E-state index contributed by atoms with van der Waals surface area (Å²) in [4.78, 5) is 21.6. The molecule has 2 aliphatic heterocycles. The van der Waals surface area contributed by atoms with Crippen molar-refractivity contribution in [2.75, 3.05) is 39.3 Å². The Morgan fingerprint density at radius 2 is 1.92 bits per heavy atom. The average Bonchev–Trinajstić information content (AvgIpc) is 3.33. The van der Waals surface area contributed by atoms with Crippen LogP contribution < -0.4 is 0 Å². The Labute approximate surface area is 152 Å². The SMILES string of the molecule is O=C(c1ccc(-n2cnnc2)nc1)N1CCCO[C@@H](CN2CCCC2)C1. The molecule has 1 atom stereocenters. The predicted molar refractivity (Wildman–Crippen MR) is 95.1 cm³/mol. The van der Waals surface area contributed by atoms with Crippen LogP contribution in [0.2, 0.25) is 0 Å². The normalized spacial score (nSPS) is 21.7. The summed E-state index contributed by atoms with van der Waals surface area (Å²) in [5, 5.41) is 7.54. The maximum absolute atomic E-state index is 12.9. The first kappa shape index (κ1) is 17.1. The van der Waals surface area contributed by atoms with Gasteiger partial charge in [0.15, 0.2) is 0 Å². The number of carbonyl (C=O) groups excluding carboxylic acids is 1. The second kappa shape index (κ2) is 7.92. The minimum Gasteiger partial charge on any atom is -0.375 e. The van der Waals surface area contributed by atoms with Gasteiger partial charge in [-0.1, -0.05) is 0 Å². The predicted octanol–water partition coefficient (Wildman–Crippen LogP) is 0.989. The molecule has 0 N–H and O–H groups in total. The lowest BCUT2D eigenvalue weighted by atomic mass is 10.2. The number of ether oxygens (including phenoxy) is 1. The highest BCUT2D eigenvalue weighted by molar-refractivity contribution is 5.94. The summed E-state index contributed by atoms with van der Waals surface area (Å²) in [6.45, 7) is 5.28. The van der Waals surface area contributed by atoms with Crippen LogP contribution in [-0.4, -0.2) is 80.9 Å². The molecule has 8 heteroatoms. The molecule has 1 amide bonds. The molecule has 4 rings (SSSR count). The molecule has 138 valence electrons. The summed E-state index contributed by atoms with van der Waals surface area (Å²) in [5.74, 6) is 0.711. The van der Waals surface area contributed by atoms with Gasteiger partial charge in [-0.05, 0) is 44.5 Å². The fourth-order valence-electron chi connectivity index (χ4n) is 3.61. The van der Waals surface area contributed by atoms with Crippen LogP contribution >= 0.6 is 0 Å². The molecular weight excluding hydrogens is 332 g/mol. The number of nitrogens with zero attached hydrogens (tertiary/aromatic N) is 6. The van der Waals surface area contributed by atoms with Gasteiger partial charge in [-0.25, -0.2) is 4.98 Å². The van der Waals surface area contributed by atoms with E-state index in [1.165, 1.54) is 12.8 Å². The average molecular weight is 356 g/mol. The van der Waals surface area contributed by atoms with Crippen LogP contribution in [-0.2, 0) is 4.74 Å². The summed E-state index contributed by atoms with van der Waals surface area (Å²) in [5.41, 5.74) is 0.601. The van der Waals surface area contributed by atoms with Gasteiger partial charge in [0.2, 0.25) is 0 Å². The van der Waals surface area contributed by atoms with Gasteiger partial charge in [-0.3, -0.25) is 9.36 Å². The van der Waals surface area contributed by atoms with Crippen molar-refractivity contribution in [2.24, 2.45) is 0 Å². The highest BCUT2D eigenvalue weighted by atomic mass is 16.5. The smallest absolute Gasteiger partial charge is 0.255 e. The molecule has 2 fully saturated rings. The van der Waals surface area contributed by atoms with Crippen molar-refractivity contribution in [1.82, 2.24) is 29.5 Å². The number of aromatic nitrogens is 4. The fourth-order valence-corrected chi connectivity index (χ4v) is 3.61. The highest BCUT2D eigenvalue weighted by Gasteiger charge is 2.26. The minimum atomic E-state index is 0.0183. The van der Waals surface area contributed by atoms with E-state index < -0.39 is 0 Å². The molecule has 2 saturated heterocycles. The monoisotopic (exact) mass is 356 g/mol. The Bertz CT molecular complexity index is 712. The molecule has 2 aliphatic rings. The summed E-state index contributed by atoms with van der Waals surface area (Å²) in [6, 6.07) is 3.62. The molecule has 0 bridgehead atoms. The van der Waals surface area contributed by atoms with Gasteiger partial charge >= 0.3 is 0 Å². The topological polar surface area (TPSA) is 76.4 Å². The van der Waals surface area contributed by atoms with Gasteiger partial charge in [-0.2, -0.15) is 0 Å². The van der Waals surface area contributed by atoms with E-state index in [2.05, 4.69) is 20.1 Å². The first-order valence-corrected chi connectivity index (χ1v) is 9.24. The van der Waals surface area contributed by atoms with Crippen LogP contribution in [0, 0.1) is 0 Å². The molecule has 0 saturated carbocycles. The second-order valence-electron chi connectivity index (χ2n) is 6.88. The van der Waals surface area contributed by atoms with Gasteiger partial charge in [-0.15, -0.1) is 10.2 Å². The Kier molecular flexibility index (Phi) is 5.21. The largest absolute Gasteiger partial charge is 0.375 e. The van der Waals surface area contributed by atoms with Crippen LogP contribution in [0.3, 0.4) is 0 Å². The fraction of sp³-hybridized carbons (Fsp3) is 0.556. The van der Waals surface area contributed by atoms with Crippen molar-refractivity contribution in [1.29, 1.82) is 0 Å². The molecule has 26 heavy (non-hydrogen) atoms. The molecule has 0 unspecified atom stereocenters. The molecule has 4 heterocycles. The summed E-state index contributed by atoms with van der Waals surface area (Å²) < 4.78 is 7.69. The van der Waals surface area contributed by atoms with Crippen LogP contribution in [0.15, 0.2) is 31.0 Å². The third-order valence-corrected chi connectivity index (χ3v) is 4.98. The van der Waals surface area contributed by atoms with Crippen molar-refractivity contribution in [3.8, 4) is 5.82 Å². The Balaban J connectivity index is 1.42. The first-order chi connectivity index (χ1) is 12.8. The highest BCUT2D eigenvalue weighted by Crippen LogP contribution is 2.15. The molecular formula is C18H24N6O2. The van der Waals surface area contributed by atoms with E-state index in [4.69, 9.17) is 4.74 Å². The third-order valence-electron chi connectivity index (χ3n) is 4.98. The van der Waals surface area contributed by atoms with Crippen molar-refractivity contribution < 1.29 is 9.53 Å². The number of amides is 1. The van der Waals surface area contributed by atoms with E-state index in [0.717, 1.165) is 32.6 Å². The summed E-state index contributed by atoms with van der Waals surface area (Å²) >= 11 is 0. The van der Waals surface area contributed by atoms with Crippen molar-refractivity contribution in [3.05, 3.63) is 36.5 Å². The molecule has 8 nitrogen and oxygen atoms in total. The number of carbonyl (C=O) groups is 1. The van der Waals surface area contributed by atoms with Crippen molar-refractivity contribution >= 4 is 5.91 Å². The minimum absolute atomic E-state index is 0.0183. The first-order valence-electron chi connectivity index (χ1n) is 9.24. The maximum atomic E-state index is 12.9. The number of rotatable bonds is 4. The van der Waals surface area contributed by atoms with Crippen molar-refractivity contribution in [3.63, 3.8) is 0 Å². The third kappa shape index (κ3) is 3.91. The van der Waals surface area contributed by atoms with Gasteiger partial charge < -0.3 is 14.5 Å². The van der Waals surface area contributed by atoms with Gasteiger partial charge in [0, 0.05) is 32.4 Å². The van der Waals surface area contributed by atoms with Crippen LogP contribution in [0.5, 0.6) is 0 Å². The maximum Gasteiger partial charge on any atom is 0.255 e. The zero-order chi connectivity index (χ0) is 17.8. The Hall–Kier alpha value is -2.32. The van der Waals surface area contributed by atoms with E-state index in [-0.39, 0.29) is 12.0 Å². The van der Waals surface area contributed by atoms with Crippen LogP contribution in [0.25, 0.3) is 5.82 Å². The summed E-state index contributed by atoms with van der Waals surface area (Å²) in [7, 11) is 0. The molecule has 0 aliphatic carbocycles. The molecule has 2 aromatic heterocycles. The van der Waals surface area contributed by atoms with Crippen LogP contribution in [0.4, 0.5) is 0 Å². The number of hydrogen-bond donors (Lipinski definition) is 0. The van der Waals surface area contributed by atoms with E-state index in [1.807, 2.05) is 17.0 Å². The van der Waals surface area contributed by atoms with E-state index in [1.54, 1.807) is 23.4 Å². The second-order valence-corrected chi connectivity index (χ2v) is 6.88. The summed E-state index contributed by atoms with van der Waals surface area (Å²) in [6.07, 6.45) is 8.27. The Morgan fingerprint density at radius 3 is 2.65 bits per heavy atom. The zero-order valence-corrected chi connectivity index (χ0v) is 14.8. The van der Waals surface area contributed by atoms with E-state index in [0.29, 0.717) is 24.5 Å². The van der Waals surface area contributed by atoms with Gasteiger partial charge in [0.1, 0.15) is 18.5 Å². The lowest BCUT2D eigenvalue weighted by molar-refractivity contribution is 0.0297. The van der Waals surface area contributed by atoms with Gasteiger partial charge in [0.25, 0.3) is 5.91 Å². The Morgan fingerprint density at radius 1 is 1.12 bits per heavy atom. The van der Waals surface area contributed by atoms with Crippen molar-refractivity contribution in [2.45, 2.75) is 25.4 Å². The van der Waals surface area contributed by atoms with Gasteiger partial charge in [0.05, 0.1) is 11.7 Å². The molecule has 0 radical (unpaired) electrons. The quantitative estimate of drug-likeness (QED) is 0.813. The molecule has 0 aromatic carbocycles. The number of hydrogen-bond acceptors (Lipinski definition) is 6. The number of likely N-dealkylation sites (tertiary alicyclic amines) is 1. The lowest BCUT2D eigenvalue weighted by Crippen LogP contribution is -2.41. The lowest BCUT2D eigenvalue weighted by Gasteiger charge is -2.27. The van der Waals surface area contributed by atoms with Crippen LogP contribution in [0.1, 0.15) is 29.6 Å². The standard InChI is InChI=1S/C18H24N6O2/c25-18(15-4-5-17(19-10-15)24-13-20-21-14-24)23-8-3-9-26-16(12-23)11-22-6-1-2-7-22/h4-5,10,13-14,16H,1-3,6-9,11-12H2/t16-/m0/s1. The molecule has 2 aromatic rings. The van der Waals surface area contributed by atoms with E-state index >= 15 is 0 Å².